The standard InChI is InChI=1S/C50H69N3O10/c1-49(2,3)50(4,5)63-44-24-20-35(26-46(44)60-10)18-22-42(55)38-14-12-16-40(28-38)62-33-48(57)52-30-36(31-53(6)7)29-51-47(56)32-61-39-15-11-13-37(27-39)41(54)21-17-34-19-23-43(58-8)45(25-34)59-9/h11-16,19-20,23-28,36,41-42,54-55H,17-18,21-22,29-33H2,1-10H3,(H,51,56)(H,52,57)/t36?,41-,42-/m1/s1. The zero-order chi connectivity index (χ0) is 46.2. The molecule has 63 heavy (non-hydrogen) atoms. The van der Waals surface area contributed by atoms with Crippen LogP contribution in [0.4, 0.5) is 0 Å². The Bertz CT molecular complexity index is 2060. The van der Waals surface area contributed by atoms with Crippen molar-refractivity contribution in [3.8, 4) is 34.5 Å². The highest BCUT2D eigenvalue weighted by Crippen LogP contribution is 2.39. The number of hydrogen-bond acceptors (Lipinski definition) is 11. The highest BCUT2D eigenvalue weighted by molar-refractivity contribution is 5.78. The normalized spacial score (nSPS) is 13.1. The lowest BCUT2D eigenvalue weighted by Gasteiger charge is -2.39. The van der Waals surface area contributed by atoms with Gasteiger partial charge in [0, 0.05) is 31.0 Å². The first-order chi connectivity index (χ1) is 29.9. The Labute approximate surface area is 374 Å². The Hall–Kier alpha value is -5.50. The van der Waals surface area contributed by atoms with Crippen LogP contribution in [0, 0.1) is 11.3 Å². The third kappa shape index (κ3) is 16.0. The lowest BCUT2D eigenvalue weighted by Crippen LogP contribution is -2.43. The monoisotopic (exact) mass is 871 g/mol. The Morgan fingerprint density at radius 1 is 0.619 bits per heavy atom. The maximum Gasteiger partial charge on any atom is 0.257 e. The van der Waals surface area contributed by atoms with E-state index >= 15 is 0 Å². The molecule has 0 aromatic heterocycles. The van der Waals surface area contributed by atoms with E-state index in [0.717, 1.165) is 11.1 Å². The summed E-state index contributed by atoms with van der Waals surface area (Å²) < 4.78 is 34.3. The van der Waals surface area contributed by atoms with Crippen molar-refractivity contribution in [1.29, 1.82) is 0 Å². The fourth-order valence-corrected chi connectivity index (χ4v) is 6.61. The topological polar surface area (TPSA) is 157 Å². The minimum Gasteiger partial charge on any atom is -0.493 e. The van der Waals surface area contributed by atoms with Crippen LogP contribution in [0.25, 0.3) is 0 Å². The summed E-state index contributed by atoms with van der Waals surface area (Å²) in [6.45, 7) is 11.4. The first-order valence-corrected chi connectivity index (χ1v) is 21.5. The minimum atomic E-state index is -0.748. The molecule has 4 aromatic rings. The maximum atomic E-state index is 12.9. The number of ether oxygens (including phenoxy) is 6. The smallest absolute Gasteiger partial charge is 0.257 e. The van der Waals surface area contributed by atoms with Crippen LogP contribution in [-0.4, -0.2) is 101 Å². The van der Waals surface area contributed by atoms with Crippen LogP contribution in [-0.2, 0) is 22.4 Å². The van der Waals surface area contributed by atoms with Gasteiger partial charge in [-0.15, -0.1) is 0 Å². The summed E-state index contributed by atoms with van der Waals surface area (Å²) in [7, 11) is 8.66. The number of methoxy groups -OCH3 is 3. The number of carbonyl (C=O) groups is 2. The van der Waals surface area contributed by atoms with Crippen molar-refractivity contribution in [2.45, 2.75) is 78.1 Å². The van der Waals surface area contributed by atoms with Gasteiger partial charge in [-0.25, -0.2) is 0 Å². The molecule has 4 N–H and O–H groups in total. The number of amides is 2. The fourth-order valence-electron chi connectivity index (χ4n) is 6.61. The van der Waals surface area contributed by atoms with E-state index in [1.807, 2.05) is 67.5 Å². The van der Waals surface area contributed by atoms with E-state index in [1.165, 1.54) is 0 Å². The van der Waals surface area contributed by atoms with Gasteiger partial charge in [0.15, 0.2) is 36.2 Å². The molecule has 0 spiro atoms. The summed E-state index contributed by atoms with van der Waals surface area (Å²) in [5.74, 6) is 2.84. The molecule has 13 nitrogen and oxygen atoms in total. The second-order valence-corrected chi connectivity index (χ2v) is 17.6. The number of benzene rings is 4. The van der Waals surface area contributed by atoms with Gasteiger partial charge in [-0.2, -0.15) is 0 Å². The van der Waals surface area contributed by atoms with E-state index in [0.29, 0.717) is 90.9 Å². The predicted octanol–water partition coefficient (Wildman–Crippen LogP) is 7.12. The quantitative estimate of drug-likeness (QED) is 0.0538. The number of rotatable bonds is 25. The molecule has 1 unspecified atom stereocenters. The Morgan fingerprint density at radius 3 is 1.49 bits per heavy atom. The second kappa shape index (κ2) is 23.8. The van der Waals surface area contributed by atoms with Gasteiger partial charge in [0.2, 0.25) is 0 Å². The van der Waals surface area contributed by atoms with Crippen molar-refractivity contribution in [3.05, 3.63) is 107 Å². The van der Waals surface area contributed by atoms with Crippen LogP contribution in [0.3, 0.4) is 0 Å². The lowest BCUT2D eigenvalue weighted by molar-refractivity contribution is -0.123. The Morgan fingerprint density at radius 2 is 1.06 bits per heavy atom. The van der Waals surface area contributed by atoms with Crippen LogP contribution in [0.1, 0.15) is 81.9 Å². The largest absolute Gasteiger partial charge is 0.493 e. The van der Waals surface area contributed by atoms with E-state index in [-0.39, 0.29) is 36.4 Å². The Kier molecular flexibility index (Phi) is 19.0. The number of aliphatic hydroxyl groups is 2. The van der Waals surface area contributed by atoms with E-state index in [2.05, 4.69) is 45.3 Å². The summed E-state index contributed by atoms with van der Waals surface area (Å²) in [5.41, 5.74) is 2.88. The zero-order valence-corrected chi connectivity index (χ0v) is 38.8. The van der Waals surface area contributed by atoms with Gasteiger partial charge in [0.05, 0.1) is 33.5 Å². The van der Waals surface area contributed by atoms with Gasteiger partial charge < -0.3 is 54.2 Å². The molecule has 0 heterocycles. The molecular weight excluding hydrogens is 803 g/mol. The van der Waals surface area contributed by atoms with Crippen molar-refractivity contribution in [3.63, 3.8) is 0 Å². The number of nitrogens with one attached hydrogen (secondary N) is 2. The fraction of sp³-hybridized carbons (Fsp3) is 0.480. The van der Waals surface area contributed by atoms with Gasteiger partial charge >= 0.3 is 0 Å². The first-order valence-electron chi connectivity index (χ1n) is 21.5. The number of aliphatic hydroxyl groups excluding tert-OH is 2. The molecule has 13 heteroatoms. The second-order valence-electron chi connectivity index (χ2n) is 17.6. The van der Waals surface area contributed by atoms with Gasteiger partial charge in [-0.3, -0.25) is 9.59 Å². The van der Waals surface area contributed by atoms with E-state index in [9.17, 15) is 19.8 Å². The average Bonchev–Trinajstić information content (AvgIpc) is 3.26. The first kappa shape index (κ1) is 50.1. The summed E-state index contributed by atoms with van der Waals surface area (Å²) in [6, 6.07) is 25.8. The highest BCUT2D eigenvalue weighted by Gasteiger charge is 2.35. The molecule has 0 radical (unpaired) electrons. The van der Waals surface area contributed by atoms with Gasteiger partial charge in [0.1, 0.15) is 17.1 Å². The van der Waals surface area contributed by atoms with Crippen LogP contribution >= 0.6 is 0 Å². The predicted molar refractivity (Wildman–Crippen MR) is 245 cm³/mol. The zero-order valence-electron chi connectivity index (χ0n) is 38.8. The van der Waals surface area contributed by atoms with Gasteiger partial charge in [0.25, 0.3) is 11.8 Å². The summed E-state index contributed by atoms with van der Waals surface area (Å²) in [6.07, 6.45) is 0.704. The summed E-state index contributed by atoms with van der Waals surface area (Å²) in [4.78, 5) is 27.7. The van der Waals surface area contributed by atoms with Crippen LogP contribution < -0.4 is 39.1 Å². The highest BCUT2D eigenvalue weighted by atomic mass is 16.5. The molecular formula is C50H69N3O10. The van der Waals surface area contributed by atoms with Crippen molar-refractivity contribution in [1.82, 2.24) is 15.5 Å². The molecule has 0 bridgehead atoms. The number of nitrogens with zero attached hydrogens (tertiary/aromatic N) is 1. The molecule has 344 valence electrons. The molecule has 0 aliphatic carbocycles. The third-order valence-electron chi connectivity index (χ3n) is 11.3. The molecule has 0 fully saturated rings. The van der Waals surface area contributed by atoms with Crippen molar-refractivity contribution >= 4 is 11.8 Å². The van der Waals surface area contributed by atoms with Crippen LogP contribution in [0.5, 0.6) is 34.5 Å². The van der Waals surface area contributed by atoms with Crippen molar-refractivity contribution in [2.24, 2.45) is 11.3 Å². The molecule has 4 rings (SSSR count). The maximum absolute atomic E-state index is 12.9. The SMILES string of the molecule is COc1ccc(CC[C@@H](O)c2cccc(OCC(=O)NCC(CNC(=O)COc3cccc([C@H](O)CCc4ccc(OC(C)(C)C(C)(C)C)c(OC)c4)c3)CN(C)C)c2)cc1OC. The molecule has 0 aliphatic heterocycles. The van der Waals surface area contributed by atoms with E-state index in [4.69, 9.17) is 28.4 Å². The van der Waals surface area contributed by atoms with Crippen LogP contribution in [0.2, 0.25) is 0 Å². The molecule has 0 saturated carbocycles. The molecule has 4 aromatic carbocycles. The van der Waals surface area contributed by atoms with E-state index < -0.39 is 17.8 Å². The molecule has 2 amide bonds. The van der Waals surface area contributed by atoms with Gasteiger partial charge in [-0.05, 0) is 124 Å². The summed E-state index contributed by atoms with van der Waals surface area (Å²) in [5, 5.41) is 27.8. The van der Waals surface area contributed by atoms with Crippen molar-refractivity contribution < 1.29 is 48.2 Å². The average molecular weight is 872 g/mol. The van der Waals surface area contributed by atoms with E-state index in [1.54, 1.807) is 57.7 Å². The minimum absolute atomic E-state index is 0.0860. The third-order valence-corrected chi connectivity index (χ3v) is 11.3. The summed E-state index contributed by atoms with van der Waals surface area (Å²) >= 11 is 0. The van der Waals surface area contributed by atoms with Gasteiger partial charge in [-0.1, -0.05) is 57.2 Å². The molecule has 3 atom stereocenters. The lowest BCUT2D eigenvalue weighted by atomic mass is 9.79. The van der Waals surface area contributed by atoms with Crippen molar-refractivity contribution in [2.75, 3.05) is 68.3 Å². The number of hydrogen-bond donors (Lipinski definition) is 4. The molecule has 0 aliphatic rings. The number of carbonyl (C=O) groups excluding carboxylic acids is 2. The number of aryl methyl sites for hydroxylation is 2. The Balaban J connectivity index is 1.20. The van der Waals surface area contributed by atoms with Crippen LogP contribution in [0.15, 0.2) is 84.9 Å². The molecule has 0 saturated heterocycles.